The van der Waals surface area contributed by atoms with Crippen molar-refractivity contribution < 1.29 is 4.79 Å². The normalized spacial score (nSPS) is 12.1. The van der Waals surface area contributed by atoms with Crippen LogP contribution >= 0.6 is 11.8 Å². The van der Waals surface area contributed by atoms with Gasteiger partial charge in [-0.15, -0.1) is 5.10 Å². The zero-order valence-electron chi connectivity index (χ0n) is 15.3. The fourth-order valence-corrected chi connectivity index (χ4v) is 3.39. The molecule has 1 heterocycles. The molecule has 0 saturated carbocycles. The lowest BCUT2D eigenvalue weighted by Crippen LogP contribution is -2.35. The van der Waals surface area contributed by atoms with Gasteiger partial charge in [0, 0.05) is 6.54 Å². The third kappa shape index (κ3) is 5.15. The number of amides is 1. The number of nitrogens with zero attached hydrogens (tertiary/aromatic N) is 5. The van der Waals surface area contributed by atoms with Crippen LogP contribution in [-0.2, 0) is 4.79 Å². The zero-order valence-corrected chi connectivity index (χ0v) is 16.1. The first-order chi connectivity index (χ1) is 13.1. The van der Waals surface area contributed by atoms with Gasteiger partial charge in [-0.1, -0.05) is 60.3 Å². The minimum Gasteiger partial charge on any atom is -0.353 e. The van der Waals surface area contributed by atoms with Crippen molar-refractivity contribution in [1.82, 2.24) is 30.4 Å². The van der Waals surface area contributed by atoms with Crippen LogP contribution in [-0.4, -0.2) is 57.4 Å². The molecule has 1 N–H and O–H groups in total. The topological polar surface area (TPSA) is 75.9 Å². The van der Waals surface area contributed by atoms with Gasteiger partial charge >= 0.3 is 0 Å². The van der Waals surface area contributed by atoms with Crippen LogP contribution in [0.15, 0.2) is 65.8 Å². The third-order valence-electron chi connectivity index (χ3n) is 4.07. The number of aromatic nitrogens is 4. The fourth-order valence-electron chi connectivity index (χ4n) is 2.67. The molecule has 0 fully saturated rings. The minimum absolute atomic E-state index is 0.0506. The first-order valence-corrected chi connectivity index (χ1v) is 9.58. The molecule has 0 unspecified atom stereocenters. The highest BCUT2D eigenvalue weighted by Gasteiger charge is 2.16. The van der Waals surface area contributed by atoms with Gasteiger partial charge in [-0.05, 0) is 42.2 Å². The highest BCUT2D eigenvalue weighted by molar-refractivity contribution is 7.99. The van der Waals surface area contributed by atoms with E-state index < -0.39 is 0 Å². The molecule has 0 radical (unpaired) electrons. The number of para-hydroxylation sites is 1. The first-order valence-electron chi connectivity index (χ1n) is 8.60. The number of tetrazole rings is 1. The first kappa shape index (κ1) is 19.1. The smallest absolute Gasteiger partial charge is 0.230 e. The number of hydrogen-bond donors (Lipinski definition) is 1. The number of nitrogens with one attached hydrogen (secondary N) is 1. The Balaban J connectivity index is 1.55. The van der Waals surface area contributed by atoms with Crippen molar-refractivity contribution in [2.45, 2.75) is 11.2 Å². The Bertz CT molecular complexity index is 853. The summed E-state index contributed by atoms with van der Waals surface area (Å²) >= 11 is 1.31. The van der Waals surface area contributed by atoms with E-state index in [1.54, 1.807) is 4.68 Å². The van der Waals surface area contributed by atoms with Crippen LogP contribution in [0.3, 0.4) is 0 Å². The molecule has 2 aromatic carbocycles. The SMILES string of the molecule is CN(C)[C@H](CNC(=O)CSc1nnnn1-c1ccccc1)c1ccccc1. The Hall–Kier alpha value is -2.71. The molecule has 1 aromatic heterocycles. The summed E-state index contributed by atoms with van der Waals surface area (Å²) in [5.41, 5.74) is 2.03. The summed E-state index contributed by atoms with van der Waals surface area (Å²) in [4.78, 5) is 14.4. The molecule has 8 heteroatoms. The number of carbonyl (C=O) groups excluding carboxylic acids is 1. The molecule has 1 amide bonds. The van der Waals surface area contributed by atoms with Gasteiger partial charge in [0.25, 0.3) is 0 Å². The van der Waals surface area contributed by atoms with Crippen LogP contribution < -0.4 is 5.32 Å². The lowest BCUT2D eigenvalue weighted by atomic mass is 10.1. The predicted molar refractivity (Wildman–Crippen MR) is 106 cm³/mol. The molecular weight excluding hydrogens is 360 g/mol. The molecule has 0 aliphatic rings. The second-order valence-electron chi connectivity index (χ2n) is 6.19. The summed E-state index contributed by atoms with van der Waals surface area (Å²) < 4.78 is 1.63. The molecule has 3 aromatic rings. The van der Waals surface area contributed by atoms with E-state index in [2.05, 4.69) is 37.9 Å². The Morgan fingerprint density at radius 1 is 1.11 bits per heavy atom. The van der Waals surface area contributed by atoms with Crippen molar-refractivity contribution in [3.63, 3.8) is 0 Å². The Morgan fingerprint density at radius 2 is 1.78 bits per heavy atom. The van der Waals surface area contributed by atoms with E-state index in [9.17, 15) is 4.79 Å². The molecule has 1 atom stereocenters. The van der Waals surface area contributed by atoms with E-state index in [4.69, 9.17) is 0 Å². The highest BCUT2D eigenvalue weighted by atomic mass is 32.2. The second kappa shape index (κ2) is 9.29. The van der Waals surface area contributed by atoms with Gasteiger partial charge in [-0.25, -0.2) is 0 Å². The van der Waals surface area contributed by atoms with Gasteiger partial charge in [-0.2, -0.15) is 4.68 Å². The van der Waals surface area contributed by atoms with E-state index >= 15 is 0 Å². The van der Waals surface area contributed by atoms with Crippen molar-refractivity contribution in [2.24, 2.45) is 0 Å². The maximum Gasteiger partial charge on any atom is 0.230 e. The van der Waals surface area contributed by atoms with Gasteiger partial charge in [-0.3, -0.25) is 4.79 Å². The van der Waals surface area contributed by atoms with Crippen molar-refractivity contribution in [1.29, 1.82) is 0 Å². The maximum absolute atomic E-state index is 12.3. The number of thioether (sulfide) groups is 1. The average molecular weight is 382 g/mol. The minimum atomic E-state index is -0.0506. The van der Waals surface area contributed by atoms with Gasteiger partial charge in [0.15, 0.2) is 0 Å². The number of benzene rings is 2. The van der Waals surface area contributed by atoms with Crippen LogP contribution in [0.5, 0.6) is 0 Å². The zero-order chi connectivity index (χ0) is 19.1. The van der Waals surface area contributed by atoms with Gasteiger partial charge < -0.3 is 10.2 Å². The average Bonchev–Trinajstić information content (AvgIpc) is 3.16. The van der Waals surface area contributed by atoms with Gasteiger partial charge in [0.1, 0.15) is 0 Å². The summed E-state index contributed by atoms with van der Waals surface area (Å²) in [6.07, 6.45) is 0. The Kier molecular flexibility index (Phi) is 6.56. The van der Waals surface area contributed by atoms with Crippen LogP contribution in [0.2, 0.25) is 0 Å². The molecular formula is C19H22N6OS. The van der Waals surface area contributed by atoms with E-state index in [0.717, 1.165) is 5.69 Å². The molecule has 27 heavy (non-hydrogen) atoms. The van der Waals surface area contributed by atoms with Crippen LogP contribution in [0.25, 0.3) is 5.69 Å². The monoisotopic (exact) mass is 382 g/mol. The molecule has 0 aliphatic carbocycles. The molecule has 3 rings (SSSR count). The van der Waals surface area contributed by atoms with E-state index in [1.807, 2.05) is 62.6 Å². The number of likely N-dealkylation sites (N-methyl/N-ethyl adjacent to an activating group) is 1. The molecule has 0 aliphatic heterocycles. The van der Waals surface area contributed by atoms with E-state index in [1.165, 1.54) is 17.3 Å². The van der Waals surface area contributed by atoms with Crippen molar-refractivity contribution in [3.8, 4) is 5.69 Å². The quantitative estimate of drug-likeness (QED) is 0.602. The van der Waals surface area contributed by atoms with Crippen LogP contribution in [0.1, 0.15) is 11.6 Å². The lowest BCUT2D eigenvalue weighted by Gasteiger charge is -2.25. The second-order valence-corrected chi connectivity index (χ2v) is 7.13. The molecule has 0 spiro atoms. The molecule has 140 valence electrons. The third-order valence-corrected chi connectivity index (χ3v) is 4.99. The summed E-state index contributed by atoms with van der Waals surface area (Å²) in [5.74, 6) is 0.202. The lowest BCUT2D eigenvalue weighted by molar-refractivity contribution is -0.118. The molecule has 0 saturated heterocycles. The maximum atomic E-state index is 12.3. The standard InChI is InChI=1S/C19H22N6OS/c1-24(2)17(15-9-5-3-6-10-15)13-20-18(26)14-27-19-21-22-23-25(19)16-11-7-4-8-12-16/h3-12,17H,13-14H2,1-2H3,(H,20,26)/t17-/m1/s1. The highest BCUT2D eigenvalue weighted by Crippen LogP contribution is 2.19. The number of hydrogen-bond acceptors (Lipinski definition) is 6. The fraction of sp³-hybridized carbons (Fsp3) is 0.263. The summed E-state index contributed by atoms with van der Waals surface area (Å²) in [7, 11) is 4.01. The Morgan fingerprint density at radius 3 is 2.44 bits per heavy atom. The molecule has 0 bridgehead atoms. The largest absolute Gasteiger partial charge is 0.353 e. The van der Waals surface area contributed by atoms with E-state index in [-0.39, 0.29) is 17.7 Å². The van der Waals surface area contributed by atoms with Gasteiger partial charge in [0.2, 0.25) is 11.1 Å². The van der Waals surface area contributed by atoms with Crippen molar-refractivity contribution in [2.75, 3.05) is 26.4 Å². The summed E-state index contributed by atoms with van der Waals surface area (Å²) in [6.45, 7) is 0.542. The van der Waals surface area contributed by atoms with Crippen molar-refractivity contribution >= 4 is 17.7 Å². The van der Waals surface area contributed by atoms with E-state index in [0.29, 0.717) is 11.7 Å². The predicted octanol–water partition coefficient (Wildman–Crippen LogP) is 2.17. The summed E-state index contributed by atoms with van der Waals surface area (Å²) in [5, 5.41) is 15.3. The van der Waals surface area contributed by atoms with Gasteiger partial charge in [0.05, 0.1) is 17.5 Å². The summed E-state index contributed by atoms with van der Waals surface area (Å²) in [6, 6.07) is 19.9. The van der Waals surface area contributed by atoms with Crippen molar-refractivity contribution in [3.05, 3.63) is 66.2 Å². The number of rotatable bonds is 8. The van der Waals surface area contributed by atoms with Crippen LogP contribution in [0.4, 0.5) is 0 Å². The Labute approximate surface area is 162 Å². The van der Waals surface area contributed by atoms with Crippen LogP contribution in [0, 0.1) is 0 Å². The molecule has 7 nitrogen and oxygen atoms in total. The number of carbonyl (C=O) groups is 1.